The molecule has 0 atom stereocenters. The summed E-state index contributed by atoms with van der Waals surface area (Å²) < 4.78 is 6.98. The lowest BCUT2D eigenvalue weighted by molar-refractivity contribution is 0.396. The number of methoxy groups -OCH3 is 1. The highest BCUT2D eigenvalue weighted by Crippen LogP contribution is 2.23. The van der Waals surface area contributed by atoms with Crippen molar-refractivity contribution in [1.82, 2.24) is 14.8 Å². The molecule has 0 radical (unpaired) electrons. The molecule has 0 aliphatic rings. The summed E-state index contributed by atoms with van der Waals surface area (Å²) in [5, 5.41) is 4.67. The van der Waals surface area contributed by atoms with E-state index in [1.54, 1.807) is 7.11 Å². The number of aromatic nitrogens is 3. The quantitative estimate of drug-likeness (QED) is 0.804. The number of pyridine rings is 1. The number of benzene rings is 1. The summed E-state index contributed by atoms with van der Waals surface area (Å²) in [6.45, 7) is 4.54. The average molecular weight is 308 g/mol. The molecule has 0 bridgehead atoms. The first-order valence-corrected chi connectivity index (χ1v) is 7.50. The number of rotatable bonds is 4. The molecule has 3 aromatic rings. The number of ether oxygens (including phenoxy) is 1. The number of aryl methyl sites for hydroxylation is 2. The summed E-state index contributed by atoms with van der Waals surface area (Å²) >= 11 is 0. The standard InChI is InChI=1S/C18H20N4O/c1-12-4-5-14(10-15(12)11-19)16-8-9-22(21-16)17-6-7-18(23-3)20-13(17)2/h4-10H,11,19H2,1-3H3. The lowest BCUT2D eigenvalue weighted by Crippen LogP contribution is -2.01. The summed E-state index contributed by atoms with van der Waals surface area (Å²) in [7, 11) is 1.61. The average Bonchev–Trinajstić information content (AvgIpc) is 3.04. The van der Waals surface area contributed by atoms with E-state index >= 15 is 0 Å². The zero-order chi connectivity index (χ0) is 16.4. The molecule has 0 unspecified atom stereocenters. The first-order valence-electron chi connectivity index (χ1n) is 7.50. The number of nitrogens with two attached hydrogens (primary N) is 1. The second-order valence-electron chi connectivity index (χ2n) is 5.45. The molecule has 0 fully saturated rings. The topological polar surface area (TPSA) is 66.0 Å². The van der Waals surface area contributed by atoms with E-state index in [1.165, 1.54) is 5.56 Å². The van der Waals surface area contributed by atoms with Crippen molar-refractivity contribution in [2.75, 3.05) is 7.11 Å². The normalized spacial score (nSPS) is 10.8. The van der Waals surface area contributed by atoms with Crippen LogP contribution >= 0.6 is 0 Å². The van der Waals surface area contributed by atoms with Gasteiger partial charge in [-0.3, -0.25) is 0 Å². The van der Waals surface area contributed by atoms with Crippen LogP contribution in [-0.2, 0) is 6.54 Å². The molecule has 0 spiro atoms. The second-order valence-corrected chi connectivity index (χ2v) is 5.45. The Kier molecular flexibility index (Phi) is 4.12. The Morgan fingerprint density at radius 2 is 1.96 bits per heavy atom. The molecule has 0 aliphatic heterocycles. The molecule has 2 aromatic heterocycles. The largest absolute Gasteiger partial charge is 0.481 e. The summed E-state index contributed by atoms with van der Waals surface area (Å²) in [5.41, 5.74) is 11.9. The van der Waals surface area contributed by atoms with E-state index in [-0.39, 0.29) is 0 Å². The lowest BCUT2D eigenvalue weighted by atomic mass is 10.0. The maximum Gasteiger partial charge on any atom is 0.213 e. The molecule has 0 amide bonds. The van der Waals surface area contributed by atoms with Gasteiger partial charge < -0.3 is 10.5 Å². The van der Waals surface area contributed by atoms with Crippen LogP contribution in [0.15, 0.2) is 42.6 Å². The van der Waals surface area contributed by atoms with Crippen molar-refractivity contribution < 1.29 is 4.74 Å². The van der Waals surface area contributed by atoms with Crippen LogP contribution < -0.4 is 10.5 Å². The van der Waals surface area contributed by atoms with Crippen LogP contribution in [0.2, 0.25) is 0 Å². The molecule has 5 heteroatoms. The molecule has 23 heavy (non-hydrogen) atoms. The molecule has 0 saturated heterocycles. The van der Waals surface area contributed by atoms with E-state index in [4.69, 9.17) is 10.5 Å². The minimum absolute atomic E-state index is 0.530. The zero-order valence-electron chi connectivity index (χ0n) is 13.6. The maximum absolute atomic E-state index is 5.80. The van der Waals surface area contributed by atoms with Crippen LogP contribution in [-0.4, -0.2) is 21.9 Å². The van der Waals surface area contributed by atoms with Crippen LogP contribution in [0.1, 0.15) is 16.8 Å². The van der Waals surface area contributed by atoms with Crippen molar-refractivity contribution in [3.63, 3.8) is 0 Å². The summed E-state index contributed by atoms with van der Waals surface area (Å²) in [5.74, 6) is 0.602. The molecule has 0 saturated carbocycles. The Hall–Kier alpha value is -2.66. The summed E-state index contributed by atoms with van der Waals surface area (Å²) in [6, 6.07) is 12.0. The minimum Gasteiger partial charge on any atom is -0.481 e. The van der Waals surface area contributed by atoms with Crippen molar-refractivity contribution in [1.29, 1.82) is 0 Å². The SMILES string of the molecule is COc1ccc(-n2ccc(-c3ccc(C)c(CN)c3)n2)c(C)n1. The van der Waals surface area contributed by atoms with E-state index in [0.717, 1.165) is 28.2 Å². The van der Waals surface area contributed by atoms with Gasteiger partial charge in [-0.05, 0) is 43.2 Å². The third-order valence-electron chi connectivity index (χ3n) is 3.94. The Bertz CT molecular complexity index is 839. The Balaban J connectivity index is 1.97. The summed E-state index contributed by atoms with van der Waals surface area (Å²) in [6.07, 6.45) is 1.94. The van der Waals surface area contributed by atoms with Gasteiger partial charge in [0.05, 0.1) is 24.2 Å². The fraction of sp³-hybridized carbons (Fsp3) is 0.222. The first-order chi connectivity index (χ1) is 11.1. The van der Waals surface area contributed by atoms with E-state index in [9.17, 15) is 0 Å². The van der Waals surface area contributed by atoms with Crippen molar-refractivity contribution in [2.24, 2.45) is 5.73 Å². The van der Waals surface area contributed by atoms with Crippen LogP contribution in [0.5, 0.6) is 5.88 Å². The van der Waals surface area contributed by atoms with Gasteiger partial charge in [0.1, 0.15) is 0 Å². The molecule has 2 N–H and O–H groups in total. The fourth-order valence-electron chi connectivity index (χ4n) is 2.55. The predicted molar refractivity (Wildman–Crippen MR) is 90.7 cm³/mol. The third kappa shape index (κ3) is 2.96. The van der Waals surface area contributed by atoms with Gasteiger partial charge in [-0.15, -0.1) is 0 Å². The van der Waals surface area contributed by atoms with E-state index in [0.29, 0.717) is 12.4 Å². The molecule has 5 nitrogen and oxygen atoms in total. The van der Waals surface area contributed by atoms with Gasteiger partial charge in [0, 0.05) is 24.4 Å². The smallest absolute Gasteiger partial charge is 0.213 e. The van der Waals surface area contributed by atoms with Crippen molar-refractivity contribution >= 4 is 0 Å². The van der Waals surface area contributed by atoms with Gasteiger partial charge in [-0.1, -0.05) is 12.1 Å². The predicted octanol–water partition coefficient (Wildman–Crippen LogP) is 3.02. The molecule has 118 valence electrons. The van der Waals surface area contributed by atoms with Gasteiger partial charge in [-0.2, -0.15) is 5.10 Å². The van der Waals surface area contributed by atoms with Gasteiger partial charge in [0.2, 0.25) is 5.88 Å². The van der Waals surface area contributed by atoms with Crippen LogP contribution in [0, 0.1) is 13.8 Å². The Morgan fingerprint density at radius 1 is 1.13 bits per heavy atom. The highest BCUT2D eigenvalue weighted by molar-refractivity contribution is 5.61. The number of nitrogens with zero attached hydrogens (tertiary/aromatic N) is 3. The van der Waals surface area contributed by atoms with Gasteiger partial charge in [0.15, 0.2) is 0 Å². The molecule has 0 aliphatic carbocycles. The molecule has 2 heterocycles. The third-order valence-corrected chi connectivity index (χ3v) is 3.94. The molecular formula is C18H20N4O. The van der Waals surface area contributed by atoms with Crippen LogP contribution in [0.25, 0.3) is 16.9 Å². The summed E-state index contributed by atoms with van der Waals surface area (Å²) in [4.78, 5) is 4.39. The van der Waals surface area contributed by atoms with Crippen LogP contribution in [0.4, 0.5) is 0 Å². The maximum atomic E-state index is 5.80. The monoisotopic (exact) mass is 308 g/mol. The zero-order valence-corrected chi connectivity index (χ0v) is 13.6. The lowest BCUT2D eigenvalue weighted by Gasteiger charge is -2.07. The van der Waals surface area contributed by atoms with E-state index in [1.807, 2.05) is 36.0 Å². The minimum atomic E-state index is 0.530. The van der Waals surface area contributed by atoms with Gasteiger partial charge in [0.25, 0.3) is 0 Å². The highest BCUT2D eigenvalue weighted by Gasteiger charge is 2.09. The van der Waals surface area contributed by atoms with Gasteiger partial charge in [-0.25, -0.2) is 9.67 Å². The second kappa shape index (κ2) is 6.22. The Labute approximate surface area is 135 Å². The first kappa shape index (κ1) is 15.2. The fourth-order valence-corrected chi connectivity index (χ4v) is 2.55. The van der Waals surface area contributed by atoms with E-state index < -0.39 is 0 Å². The highest BCUT2D eigenvalue weighted by atomic mass is 16.5. The molecule has 1 aromatic carbocycles. The van der Waals surface area contributed by atoms with Crippen molar-refractivity contribution in [3.05, 3.63) is 59.4 Å². The number of hydrogen-bond acceptors (Lipinski definition) is 4. The van der Waals surface area contributed by atoms with E-state index in [2.05, 4.69) is 35.2 Å². The van der Waals surface area contributed by atoms with Gasteiger partial charge >= 0.3 is 0 Å². The molecular weight excluding hydrogens is 288 g/mol. The van der Waals surface area contributed by atoms with Crippen molar-refractivity contribution in [2.45, 2.75) is 20.4 Å². The van der Waals surface area contributed by atoms with Crippen molar-refractivity contribution in [3.8, 4) is 22.8 Å². The van der Waals surface area contributed by atoms with Crippen LogP contribution in [0.3, 0.4) is 0 Å². The Morgan fingerprint density at radius 3 is 2.65 bits per heavy atom. The number of hydrogen-bond donors (Lipinski definition) is 1. The molecule has 3 rings (SSSR count).